The van der Waals surface area contributed by atoms with Crippen LogP contribution in [0.2, 0.25) is 0 Å². The third-order valence-electron chi connectivity index (χ3n) is 4.63. The Morgan fingerprint density at radius 3 is 2.27 bits per heavy atom. The first kappa shape index (κ1) is 20.4. The summed E-state index contributed by atoms with van der Waals surface area (Å²) in [5.74, 6) is 1.79. The predicted octanol–water partition coefficient (Wildman–Crippen LogP) is 0.875. The van der Waals surface area contributed by atoms with Crippen molar-refractivity contribution < 1.29 is 31.8 Å². The summed E-state index contributed by atoms with van der Waals surface area (Å²) in [5.41, 5.74) is 0.565. The zero-order valence-corrected chi connectivity index (χ0v) is 15.5. The zero-order chi connectivity index (χ0) is 19.3. The number of piperidine rings is 3. The first-order valence-electron chi connectivity index (χ1n) is 8.16. The third kappa shape index (κ3) is 5.84. The van der Waals surface area contributed by atoms with E-state index < -0.39 is 10.4 Å². The lowest BCUT2D eigenvalue weighted by atomic mass is 9.84. The van der Waals surface area contributed by atoms with Gasteiger partial charge in [0.1, 0.15) is 11.5 Å². The number of amides is 1. The van der Waals surface area contributed by atoms with E-state index in [1.54, 1.807) is 32.4 Å². The normalized spacial score (nSPS) is 24.2. The summed E-state index contributed by atoms with van der Waals surface area (Å²) < 4.78 is 42.1. The van der Waals surface area contributed by atoms with Crippen molar-refractivity contribution in [1.82, 2.24) is 10.2 Å². The fourth-order valence-corrected chi connectivity index (χ4v) is 3.36. The lowest BCUT2D eigenvalue weighted by molar-refractivity contribution is 0.0619. The maximum Gasteiger partial charge on any atom is 0.394 e. The Bertz CT molecular complexity index is 722. The molecule has 9 nitrogen and oxygen atoms in total. The van der Waals surface area contributed by atoms with Crippen LogP contribution in [0.1, 0.15) is 23.2 Å². The number of methoxy groups -OCH3 is 2. The molecule has 3 aliphatic heterocycles. The number of nitrogens with zero attached hydrogens (tertiary/aromatic N) is 1. The minimum Gasteiger partial charge on any atom is -0.497 e. The minimum atomic E-state index is -4.67. The number of benzene rings is 1. The van der Waals surface area contributed by atoms with Gasteiger partial charge in [-0.2, -0.15) is 8.42 Å². The Morgan fingerprint density at radius 1 is 1.19 bits per heavy atom. The van der Waals surface area contributed by atoms with Crippen molar-refractivity contribution >= 4 is 16.3 Å². The van der Waals surface area contributed by atoms with Gasteiger partial charge in [0.15, 0.2) is 0 Å². The number of hydrogen-bond acceptors (Lipinski definition) is 6. The molecule has 4 rings (SSSR count). The molecule has 1 aromatic rings. The highest BCUT2D eigenvalue weighted by Gasteiger charge is 2.35. The first-order valence-corrected chi connectivity index (χ1v) is 9.56. The predicted molar refractivity (Wildman–Crippen MR) is 94.1 cm³/mol. The summed E-state index contributed by atoms with van der Waals surface area (Å²) in [4.78, 5) is 14.9. The summed E-state index contributed by atoms with van der Waals surface area (Å²) >= 11 is 0. The summed E-state index contributed by atoms with van der Waals surface area (Å²) in [7, 11) is -1.50. The van der Waals surface area contributed by atoms with Crippen LogP contribution in [0.25, 0.3) is 0 Å². The van der Waals surface area contributed by atoms with Gasteiger partial charge in [-0.05, 0) is 44.0 Å². The highest BCUT2D eigenvalue weighted by molar-refractivity contribution is 7.79. The standard InChI is InChI=1S/C16H22N2O3.H2O4S/c1-20-12-3-4-13(15(9-12)21-2)16(19)17-14-10-18-7-5-11(14)6-8-18;1-5(2,3)4/h3-4,9,11,14H,5-8,10H2,1-2H3,(H,17,19);(H2,1,2,3,4). The number of fused-ring (bicyclic) bond motifs is 3. The third-order valence-corrected chi connectivity index (χ3v) is 4.63. The quantitative estimate of drug-likeness (QED) is 0.649. The van der Waals surface area contributed by atoms with Gasteiger partial charge in [-0.1, -0.05) is 0 Å². The second-order valence-corrected chi connectivity index (χ2v) is 7.13. The molecular weight excluding hydrogens is 364 g/mol. The lowest BCUT2D eigenvalue weighted by Gasteiger charge is -2.44. The number of rotatable bonds is 4. The average molecular weight is 388 g/mol. The first-order chi connectivity index (χ1) is 12.2. The van der Waals surface area contributed by atoms with Crippen molar-refractivity contribution in [3.63, 3.8) is 0 Å². The molecule has 3 saturated heterocycles. The average Bonchev–Trinajstić information content (AvgIpc) is 2.60. The van der Waals surface area contributed by atoms with Gasteiger partial charge >= 0.3 is 10.4 Å². The molecule has 3 N–H and O–H groups in total. The topological polar surface area (TPSA) is 125 Å². The van der Waals surface area contributed by atoms with Crippen LogP contribution in [0.15, 0.2) is 18.2 Å². The molecule has 3 aliphatic rings. The van der Waals surface area contributed by atoms with Gasteiger partial charge in [0.05, 0.1) is 19.8 Å². The molecule has 1 aromatic carbocycles. The smallest absolute Gasteiger partial charge is 0.394 e. The molecule has 26 heavy (non-hydrogen) atoms. The number of carbonyl (C=O) groups is 1. The van der Waals surface area contributed by atoms with Crippen LogP contribution < -0.4 is 14.8 Å². The summed E-state index contributed by atoms with van der Waals surface area (Å²) in [6.45, 7) is 3.31. The van der Waals surface area contributed by atoms with Crippen molar-refractivity contribution in [3.8, 4) is 11.5 Å². The van der Waals surface area contributed by atoms with Gasteiger partial charge in [0, 0.05) is 18.7 Å². The van der Waals surface area contributed by atoms with E-state index in [0.29, 0.717) is 23.0 Å². The Balaban J connectivity index is 0.000000431. The van der Waals surface area contributed by atoms with E-state index in [-0.39, 0.29) is 11.9 Å². The second-order valence-electron chi connectivity index (χ2n) is 6.23. The van der Waals surface area contributed by atoms with E-state index in [9.17, 15) is 4.79 Å². The molecule has 0 spiro atoms. The van der Waals surface area contributed by atoms with Crippen molar-refractivity contribution in [3.05, 3.63) is 23.8 Å². The Labute approximate surface area is 152 Å². The van der Waals surface area contributed by atoms with Crippen LogP contribution in [0.5, 0.6) is 11.5 Å². The summed E-state index contributed by atoms with van der Waals surface area (Å²) in [6, 6.07) is 5.54. The lowest BCUT2D eigenvalue weighted by Crippen LogP contribution is -2.57. The Morgan fingerprint density at radius 2 is 1.81 bits per heavy atom. The van der Waals surface area contributed by atoms with E-state index in [1.165, 1.54) is 25.9 Å². The molecule has 2 bridgehead atoms. The van der Waals surface area contributed by atoms with Crippen LogP contribution >= 0.6 is 0 Å². The number of hydrogen-bond donors (Lipinski definition) is 3. The molecule has 0 aromatic heterocycles. The highest BCUT2D eigenvalue weighted by Crippen LogP contribution is 2.29. The Kier molecular flexibility index (Phi) is 6.81. The SMILES string of the molecule is COc1ccc(C(=O)NC2CN3CCC2CC3)c(OC)c1.O=S(=O)(O)O. The minimum absolute atomic E-state index is 0.0618. The molecule has 1 unspecified atom stereocenters. The van der Waals surface area contributed by atoms with Crippen LogP contribution in [0.4, 0.5) is 0 Å². The van der Waals surface area contributed by atoms with Crippen molar-refractivity contribution in [2.75, 3.05) is 33.9 Å². The maximum atomic E-state index is 12.5. The molecular formula is C16H24N2O7S. The maximum absolute atomic E-state index is 12.5. The molecule has 0 saturated carbocycles. The monoisotopic (exact) mass is 388 g/mol. The van der Waals surface area contributed by atoms with Gasteiger partial charge in [-0.15, -0.1) is 0 Å². The Hall–Kier alpha value is -1.88. The molecule has 1 atom stereocenters. The second kappa shape index (κ2) is 8.67. The summed E-state index contributed by atoms with van der Waals surface area (Å²) in [6.07, 6.45) is 2.37. The van der Waals surface area contributed by atoms with E-state index in [0.717, 1.165) is 6.54 Å². The van der Waals surface area contributed by atoms with Crippen molar-refractivity contribution in [2.24, 2.45) is 5.92 Å². The van der Waals surface area contributed by atoms with E-state index in [4.69, 9.17) is 27.0 Å². The van der Waals surface area contributed by atoms with Gasteiger partial charge in [-0.3, -0.25) is 13.9 Å². The van der Waals surface area contributed by atoms with E-state index >= 15 is 0 Å². The van der Waals surface area contributed by atoms with Crippen LogP contribution in [-0.2, 0) is 10.4 Å². The fourth-order valence-electron chi connectivity index (χ4n) is 3.36. The zero-order valence-electron chi connectivity index (χ0n) is 14.7. The van der Waals surface area contributed by atoms with E-state index in [2.05, 4.69) is 10.2 Å². The van der Waals surface area contributed by atoms with Gasteiger partial charge in [-0.25, -0.2) is 0 Å². The molecule has 0 radical (unpaired) electrons. The van der Waals surface area contributed by atoms with Gasteiger partial charge < -0.3 is 19.7 Å². The number of carbonyl (C=O) groups excluding carboxylic acids is 1. The molecule has 0 aliphatic carbocycles. The molecule has 10 heteroatoms. The van der Waals surface area contributed by atoms with Crippen LogP contribution in [0, 0.1) is 5.92 Å². The summed E-state index contributed by atoms with van der Waals surface area (Å²) in [5, 5.41) is 3.18. The number of nitrogens with one attached hydrogen (secondary N) is 1. The number of ether oxygens (including phenoxy) is 2. The van der Waals surface area contributed by atoms with Crippen LogP contribution in [-0.4, -0.2) is 68.2 Å². The van der Waals surface area contributed by atoms with Crippen LogP contribution in [0.3, 0.4) is 0 Å². The van der Waals surface area contributed by atoms with Crippen molar-refractivity contribution in [1.29, 1.82) is 0 Å². The highest BCUT2D eigenvalue weighted by atomic mass is 32.3. The molecule has 1 amide bonds. The molecule has 146 valence electrons. The molecule has 3 fully saturated rings. The molecule has 3 heterocycles. The van der Waals surface area contributed by atoms with E-state index in [1.807, 2.05) is 0 Å². The fraction of sp³-hybridized carbons (Fsp3) is 0.562. The van der Waals surface area contributed by atoms with Gasteiger partial charge in [0.2, 0.25) is 0 Å². The van der Waals surface area contributed by atoms with Crippen molar-refractivity contribution in [2.45, 2.75) is 18.9 Å². The largest absolute Gasteiger partial charge is 0.497 e. The van der Waals surface area contributed by atoms with Gasteiger partial charge in [0.25, 0.3) is 5.91 Å².